The molecule has 1 rings (SSSR count). The third kappa shape index (κ3) is 7.74. The maximum absolute atomic E-state index is 4.38. The Labute approximate surface area is 159 Å². The van der Waals surface area contributed by atoms with E-state index >= 15 is 0 Å². The van der Waals surface area contributed by atoms with E-state index in [-0.39, 0.29) is 6.04 Å². The number of rotatable bonds is 11. The van der Waals surface area contributed by atoms with Gasteiger partial charge in [0.25, 0.3) is 0 Å². The van der Waals surface area contributed by atoms with Gasteiger partial charge in [0, 0.05) is 38.4 Å². The first-order chi connectivity index (χ1) is 12.4. The van der Waals surface area contributed by atoms with E-state index in [4.69, 9.17) is 0 Å². The van der Waals surface area contributed by atoms with Crippen molar-refractivity contribution in [2.45, 2.75) is 45.7 Å². The number of aliphatic imine (C=N–C) groups is 1. The lowest BCUT2D eigenvalue weighted by molar-refractivity contribution is 0.291. The summed E-state index contributed by atoms with van der Waals surface area (Å²) in [6.07, 6.45) is 6.33. The van der Waals surface area contributed by atoms with Crippen LogP contribution < -0.4 is 10.6 Å². The average Bonchev–Trinajstić information content (AvgIpc) is 3.03. The van der Waals surface area contributed by atoms with Gasteiger partial charge in [-0.3, -0.25) is 9.67 Å². The molecular weight excluding hydrogens is 326 g/mol. The first kappa shape index (κ1) is 22.4. The van der Waals surface area contributed by atoms with Crippen LogP contribution in [0.15, 0.2) is 17.4 Å². The van der Waals surface area contributed by atoms with Gasteiger partial charge in [-0.05, 0) is 53.5 Å². The molecule has 1 heterocycles. The standard InChI is InChI=1S/C19H39N7/c1-8-26(9-2)12-10-11-16(3)23-19(20-4)21-14-18(24(5)6)17-13-22-25(7)15-17/h13,15-16,18H,8-12,14H2,1-7H3,(H2,20,21,23). The van der Waals surface area contributed by atoms with Gasteiger partial charge in [0.05, 0.1) is 12.2 Å². The maximum atomic E-state index is 4.38. The molecule has 0 saturated heterocycles. The van der Waals surface area contributed by atoms with Gasteiger partial charge in [0.1, 0.15) is 0 Å². The maximum Gasteiger partial charge on any atom is 0.191 e. The summed E-state index contributed by atoms with van der Waals surface area (Å²) >= 11 is 0. The number of likely N-dealkylation sites (N-methyl/N-ethyl adjacent to an activating group) is 1. The highest BCUT2D eigenvalue weighted by Gasteiger charge is 2.16. The van der Waals surface area contributed by atoms with Crippen molar-refractivity contribution in [3.8, 4) is 0 Å². The molecule has 26 heavy (non-hydrogen) atoms. The van der Waals surface area contributed by atoms with Crippen LogP contribution in [-0.4, -0.2) is 78.9 Å². The molecule has 0 aliphatic carbocycles. The predicted octanol–water partition coefficient (Wildman–Crippen LogP) is 1.70. The van der Waals surface area contributed by atoms with Crippen molar-refractivity contribution in [1.82, 2.24) is 30.2 Å². The van der Waals surface area contributed by atoms with Crippen LogP contribution in [0.25, 0.3) is 0 Å². The van der Waals surface area contributed by atoms with Crippen LogP contribution in [0.5, 0.6) is 0 Å². The molecule has 2 unspecified atom stereocenters. The monoisotopic (exact) mass is 365 g/mol. The highest BCUT2D eigenvalue weighted by atomic mass is 15.3. The second kappa shape index (κ2) is 11.9. The topological polar surface area (TPSA) is 60.7 Å². The Morgan fingerprint density at radius 3 is 2.50 bits per heavy atom. The van der Waals surface area contributed by atoms with E-state index in [1.807, 2.05) is 25.0 Å². The minimum atomic E-state index is 0.250. The van der Waals surface area contributed by atoms with Crippen molar-refractivity contribution >= 4 is 5.96 Å². The second-order valence-electron chi connectivity index (χ2n) is 7.09. The van der Waals surface area contributed by atoms with E-state index in [2.05, 4.69) is 71.6 Å². The molecule has 0 aliphatic heterocycles. The molecule has 0 aliphatic rings. The number of aromatic nitrogens is 2. The van der Waals surface area contributed by atoms with E-state index in [1.165, 1.54) is 12.0 Å². The van der Waals surface area contributed by atoms with E-state index < -0.39 is 0 Å². The number of aryl methyl sites for hydroxylation is 1. The van der Waals surface area contributed by atoms with Crippen molar-refractivity contribution in [1.29, 1.82) is 0 Å². The minimum Gasteiger partial charge on any atom is -0.354 e. The number of guanidine groups is 1. The van der Waals surface area contributed by atoms with E-state index in [0.29, 0.717) is 6.04 Å². The second-order valence-corrected chi connectivity index (χ2v) is 7.09. The highest BCUT2D eigenvalue weighted by Crippen LogP contribution is 2.16. The molecule has 0 spiro atoms. The molecule has 0 saturated carbocycles. The summed E-state index contributed by atoms with van der Waals surface area (Å²) in [5.41, 5.74) is 1.20. The van der Waals surface area contributed by atoms with Gasteiger partial charge in [0.15, 0.2) is 5.96 Å². The Kier molecular flexibility index (Phi) is 10.3. The number of nitrogens with one attached hydrogen (secondary N) is 2. The van der Waals surface area contributed by atoms with Crippen LogP contribution in [-0.2, 0) is 7.05 Å². The van der Waals surface area contributed by atoms with Gasteiger partial charge < -0.3 is 20.4 Å². The molecule has 2 atom stereocenters. The molecule has 7 heteroatoms. The third-order valence-electron chi connectivity index (χ3n) is 4.81. The number of nitrogens with zero attached hydrogens (tertiary/aromatic N) is 5. The Morgan fingerprint density at radius 1 is 1.31 bits per heavy atom. The molecule has 2 N–H and O–H groups in total. The molecular formula is C19H39N7. The molecule has 0 aromatic carbocycles. The largest absolute Gasteiger partial charge is 0.354 e. The molecule has 1 aromatic heterocycles. The fourth-order valence-electron chi connectivity index (χ4n) is 3.07. The molecule has 7 nitrogen and oxygen atoms in total. The minimum absolute atomic E-state index is 0.250. The SMILES string of the molecule is CCN(CC)CCCC(C)NC(=NC)NCC(c1cnn(C)c1)N(C)C. The molecule has 1 aromatic rings. The molecule has 0 radical (unpaired) electrons. The summed E-state index contributed by atoms with van der Waals surface area (Å²) < 4.78 is 1.84. The Bertz CT molecular complexity index is 520. The van der Waals surface area contributed by atoms with Gasteiger partial charge in [0.2, 0.25) is 0 Å². The normalized spacial score (nSPS) is 14.7. The fraction of sp³-hybridized carbons (Fsp3) is 0.789. The smallest absolute Gasteiger partial charge is 0.191 e. The lowest BCUT2D eigenvalue weighted by Crippen LogP contribution is -2.45. The first-order valence-electron chi connectivity index (χ1n) is 9.75. The van der Waals surface area contributed by atoms with Crippen molar-refractivity contribution in [2.24, 2.45) is 12.0 Å². The number of hydrogen-bond donors (Lipinski definition) is 2. The van der Waals surface area contributed by atoms with Gasteiger partial charge in [-0.2, -0.15) is 5.10 Å². The third-order valence-corrected chi connectivity index (χ3v) is 4.81. The lowest BCUT2D eigenvalue weighted by atomic mass is 10.1. The summed E-state index contributed by atoms with van der Waals surface area (Å²) in [5, 5.41) is 11.3. The van der Waals surface area contributed by atoms with Crippen LogP contribution in [0.2, 0.25) is 0 Å². The Hall–Kier alpha value is -1.60. The van der Waals surface area contributed by atoms with E-state index in [0.717, 1.165) is 38.6 Å². The molecule has 0 bridgehead atoms. The zero-order chi connectivity index (χ0) is 19.5. The lowest BCUT2D eigenvalue weighted by Gasteiger charge is -2.26. The van der Waals surface area contributed by atoms with Crippen molar-refractivity contribution in [3.05, 3.63) is 18.0 Å². The van der Waals surface area contributed by atoms with Crippen LogP contribution >= 0.6 is 0 Å². The van der Waals surface area contributed by atoms with Gasteiger partial charge in [-0.15, -0.1) is 0 Å². The van der Waals surface area contributed by atoms with E-state index in [9.17, 15) is 0 Å². The van der Waals surface area contributed by atoms with Gasteiger partial charge in [-0.25, -0.2) is 0 Å². The summed E-state index contributed by atoms with van der Waals surface area (Å²) in [4.78, 5) is 9.05. The first-order valence-corrected chi connectivity index (χ1v) is 9.75. The quantitative estimate of drug-likeness (QED) is 0.462. The molecule has 0 amide bonds. The highest BCUT2D eigenvalue weighted by molar-refractivity contribution is 5.79. The van der Waals surface area contributed by atoms with Gasteiger partial charge >= 0.3 is 0 Å². The van der Waals surface area contributed by atoms with Crippen molar-refractivity contribution < 1.29 is 0 Å². The van der Waals surface area contributed by atoms with Crippen LogP contribution in [0.1, 0.15) is 45.2 Å². The predicted molar refractivity (Wildman–Crippen MR) is 111 cm³/mol. The van der Waals surface area contributed by atoms with Crippen molar-refractivity contribution in [2.75, 3.05) is 47.3 Å². The zero-order valence-corrected chi connectivity index (χ0v) is 17.8. The number of hydrogen-bond acceptors (Lipinski definition) is 4. The molecule has 0 fully saturated rings. The Morgan fingerprint density at radius 2 is 2.00 bits per heavy atom. The average molecular weight is 366 g/mol. The summed E-state index contributed by atoms with van der Waals surface area (Å²) in [6, 6.07) is 0.646. The summed E-state index contributed by atoms with van der Waals surface area (Å²) in [5.74, 6) is 0.857. The van der Waals surface area contributed by atoms with Crippen LogP contribution in [0, 0.1) is 0 Å². The zero-order valence-electron chi connectivity index (χ0n) is 17.8. The van der Waals surface area contributed by atoms with Gasteiger partial charge in [-0.1, -0.05) is 13.8 Å². The summed E-state index contributed by atoms with van der Waals surface area (Å²) in [6.45, 7) is 10.9. The van der Waals surface area contributed by atoms with Crippen LogP contribution in [0.4, 0.5) is 0 Å². The molecule has 150 valence electrons. The van der Waals surface area contributed by atoms with E-state index in [1.54, 1.807) is 0 Å². The van der Waals surface area contributed by atoms with Crippen molar-refractivity contribution in [3.63, 3.8) is 0 Å². The Balaban J connectivity index is 2.45. The fourth-order valence-corrected chi connectivity index (χ4v) is 3.07. The van der Waals surface area contributed by atoms with Crippen LogP contribution in [0.3, 0.4) is 0 Å². The summed E-state index contributed by atoms with van der Waals surface area (Å²) in [7, 11) is 7.95.